The number of nitrogens with one attached hydrogen (secondary N) is 1. The van der Waals surface area contributed by atoms with Gasteiger partial charge in [0.25, 0.3) is 5.56 Å². The van der Waals surface area contributed by atoms with Crippen LogP contribution in [-0.4, -0.2) is 31.9 Å². The van der Waals surface area contributed by atoms with E-state index in [2.05, 4.69) is 10.1 Å². The van der Waals surface area contributed by atoms with Gasteiger partial charge in [0.05, 0.1) is 23.6 Å². The molecule has 0 spiro atoms. The van der Waals surface area contributed by atoms with E-state index in [9.17, 15) is 4.79 Å². The second-order valence-corrected chi connectivity index (χ2v) is 4.52. The fourth-order valence-electron chi connectivity index (χ4n) is 2.11. The summed E-state index contributed by atoms with van der Waals surface area (Å²) in [7, 11) is -1.46. The first kappa shape index (κ1) is 12.6. The Bertz CT molecular complexity index is 792. The van der Waals surface area contributed by atoms with Gasteiger partial charge in [-0.1, -0.05) is 24.3 Å². The number of nitrogens with zero attached hydrogens (tertiary/aromatic N) is 2. The predicted octanol–water partition coefficient (Wildman–Crippen LogP) is -0.547. The summed E-state index contributed by atoms with van der Waals surface area (Å²) >= 11 is 0. The molecule has 1 aromatic carbocycles. The quantitative estimate of drug-likeness (QED) is 0.556. The standard InChI is InChI=1S/C13H12BN3O3/c18-13-11-7-16-17(12(11)5-6-15-13)8-9-1-3-10(4-2-9)14(19)20/h1-7,19-20H,8H2,(H,15,18). The predicted molar refractivity (Wildman–Crippen MR) is 75.7 cm³/mol. The number of hydrogen-bond acceptors (Lipinski definition) is 4. The van der Waals surface area contributed by atoms with Crippen molar-refractivity contribution in [2.45, 2.75) is 6.54 Å². The topological polar surface area (TPSA) is 91.1 Å². The first-order valence-electron chi connectivity index (χ1n) is 6.13. The molecule has 0 atom stereocenters. The summed E-state index contributed by atoms with van der Waals surface area (Å²) in [5, 5.41) is 22.8. The molecule has 0 fully saturated rings. The first-order chi connectivity index (χ1) is 9.65. The number of hydrogen-bond donors (Lipinski definition) is 3. The Balaban J connectivity index is 1.93. The maximum Gasteiger partial charge on any atom is 0.488 e. The zero-order valence-corrected chi connectivity index (χ0v) is 10.5. The molecule has 0 unspecified atom stereocenters. The van der Waals surface area contributed by atoms with Crippen LogP contribution in [0.25, 0.3) is 10.9 Å². The van der Waals surface area contributed by atoms with E-state index in [0.717, 1.165) is 11.1 Å². The monoisotopic (exact) mass is 269 g/mol. The average Bonchev–Trinajstić information content (AvgIpc) is 2.84. The van der Waals surface area contributed by atoms with Crippen molar-refractivity contribution in [2.75, 3.05) is 0 Å². The molecule has 3 aromatic rings. The number of H-pyrrole nitrogens is 1. The Hall–Kier alpha value is -2.38. The number of fused-ring (bicyclic) bond motifs is 1. The lowest BCUT2D eigenvalue weighted by Crippen LogP contribution is -2.29. The van der Waals surface area contributed by atoms with E-state index >= 15 is 0 Å². The fourth-order valence-corrected chi connectivity index (χ4v) is 2.11. The molecular formula is C13H12BN3O3. The van der Waals surface area contributed by atoms with Gasteiger partial charge in [-0.3, -0.25) is 9.48 Å². The van der Waals surface area contributed by atoms with Crippen molar-refractivity contribution in [1.29, 1.82) is 0 Å². The second-order valence-electron chi connectivity index (χ2n) is 4.52. The lowest BCUT2D eigenvalue weighted by Gasteiger charge is -2.05. The second kappa shape index (κ2) is 4.95. The van der Waals surface area contributed by atoms with Gasteiger partial charge in [-0.15, -0.1) is 0 Å². The van der Waals surface area contributed by atoms with Crippen LogP contribution >= 0.6 is 0 Å². The molecule has 3 rings (SSSR count). The Morgan fingerprint density at radius 2 is 1.95 bits per heavy atom. The molecule has 100 valence electrons. The third kappa shape index (κ3) is 2.24. The molecule has 0 aliphatic heterocycles. The summed E-state index contributed by atoms with van der Waals surface area (Å²) in [6.07, 6.45) is 3.13. The van der Waals surface area contributed by atoms with Crippen molar-refractivity contribution in [3.8, 4) is 0 Å². The van der Waals surface area contributed by atoms with E-state index in [1.807, 2.05) is 0 Å². The van der Waals surface area contributed by atoms with Crippen LogP contribution in [0.5, 0.6) is 0 Å². The summed E-state index contributed by atoms with van der Waals surface area (Å²) in [5.41, 5.74) is 2.00. The summed E-state index contributed by atoms with van der Waals surface area (Å²) in [6.45, 7) is 0.509. The lowest BCUT2D eigenvalue weighted by molar-refractivity contribution is 0.426. The molecule has 0 saturated heterocycles. The highest BCUT2D eigenvalue weighted by Gasteiger charge is 2.10. The van der Waals surface area contributed by atoms with E-state index in [4.69, 9.17) is 10.0 Å². The lowest BCUT2D eigenvalue weighted by atomic mass is 9.80. The largest absolute Gasteiger partial charge is 0.488 e. The van der Waals surface area contributed by atoms with E-state index in [0.29, 0.717) is 17.4 Å². The molecule has 7 heteroatoms. The molecule has 0 amide bonds. The van der Waals surface area contributed by atoms with Crippen molar-refractivity contribution < 1.29 is 10.0 Å². The van der Waals surface area contributed by atoms with Gasteiger partial charge in [-0.2, -0.15) is 5.10 Å². The zero-order valence-electron chi connectivity index (χ0n) is 10.5. The van der Waals surface area contributed by atoms with Crippen LogP contribution in [0.4, 0.5) is 0 Å². The summed E-state index contributed by atoms with van der Waals surface area (Å²) in [5.74, 6) is 0. The van der Waals surface area contributed by atoms with Crippen LogP contribution in [-0.2, 0) is 6.54 Å². The molecule has 2 aromatic heterocycles. The third-order valence-corrected chi connectivity index (χ3v) is 3.19. The highest BCUT2D eigenvalue weighted by atomic mass is 16.4. The Morgan fingerprint density at radius 1 is 1.20 bits per heavy atom. The minimum absolute atomic E-state index is 0.160. The fraction of sp³-hybridized carbons (Fsp3) is 0.0769. The number of benzene rings is 1. The van der Waals surface area contributed by atoms with Crippen LogP contribution in [0.15, 0.2) is 47.5 Å². The summed E-state index contributed by atoms with van der Waals surface area (Å²) in [4.78, 5) is 14.2. The van der Waals surface area contributed by atoms with Crippen LogP contribution in [0, 0.1) is 0 Å². The molecular weight excluding hydrogens is 257 g/mol. The van der Waals surface area contributed by atoms with Gasteiger partial charge in [0.15, 0.2) is 0 Å². The van der Waals surface area contributed by atoms with Crippen LogP contribution < -0.4 is 11.0 Å². The van der Waals surface area contributed by atoms with Crippen LogP contribution in [0.2, 0.25) is 0 Å². The molecule has 2 heterocycles. The van der Waals surface area contributed by atoms with Crippen LogP contribution in [0.3, 0.4) is 0 Å². The molecule has 0 saturated carbocycles. The number of rotatable bonds is 3. The minimum atomic E-state index is -1.46. The zero-order chi connectivity index (χ0) is 14.1. The molecule has 0 aliphatic rings. The number of pyridine rings is 1. The minimum Gasteiger partial charge on any atom is -0.423 e. The van der Waals surface area contributed by atoms with Crippen molar-refractivity contribution in [3.63, 3.8) is 0 Å². The van der Waals surface area contributed by atoms with Gasteiger partial charge in [0, 0.05) is 6.20 Å². The molecule has 3 N–H and O–H groups in total. The Kier molecular flexibility index (Phi) is 3.13. The highest BCUT2D eigenvalue weighted by Crippen LogP contribution is 2.10. The molecule has 0 aliphatic carbocycles. The van der Waals surface area contributed by atoms with Gasteiger partial charge in [-0.25, -0.2) is 0 Å². The van der Waals surface area contributed by atoms with Gasteiger partial charge in [0.1, 0.15) is 0 Å². The third-order valence-electron chi connectivity index (χ3n) is 3.19. The van der Waals surface area contributed by atoms with Gasteiger partial charge in [-0.05, 0) is 17.1 Å². The van der Waals surface area contributed by atoms with E-state index in [1.165, 1.54) is 0 Å². The van der Waals surface area contributed by atoms with E-state index in [1.54, 1.807) is 47.4 Å². The van der Waals surface area contributed by atoms with Crippen LogP contribution in [0.1, 0.15) is 5.56 Å². The Labute approximate surface area is 114 Å². The normalized spacial score (nSPS) is 10.9. The maximum atomic E-state index is 11.6. The van der Waals surface area contributed by atoms with Gasteiger partial charge < -0.3 is 15.0 Å². The summed E-state index contributed by atoms with van der Waals surface area (Å²) < 4.78 is 1.73. The molecule has 0 radical (unpaired) electrons. The number of aromatic nitrogens is 3. The van der Waals surface area contributed by atoms with Gasteiger partial charge >= 0.3 is 7.12 Å². The number of aromatic amines is 1. The van der Waals surface area contributed by atoms with E-state index in [-0.39, 0.29) is 5.56 Å². The first-order valence-corrected chi connectivity index (χ1v) is 6.13. The SMILES string of the molecule is O=c1[nH]ccc2c1cnn2Cc1ccc(B(O)O)cc1. The van der Waals surface area contributed by atoms with Crippen molar-refractivity contribution >= 4 is 23.5 Å². The smallest absolute Gasteiger partial charge is 0.423 e. The summed E-state index contributed by atoms with van der Waals surface area (Å²) in [6, 6.07) is 8.71. The van der Waals surface area contributed by atoms with Crippen molar-refractivity contribution in [3.05, 3.63) is 58.6 Å². The van der Waals surface area contributed by atoms with E-state index < -0.39 is 7.12 Å². The Morgan fingerprint density at radius 3 is 2.65 bits per heavy atom. The van der Waals surface area contributed by atoms with Crippen molar-refractivity contribution in [1.82, 2.24) is 14.8 Å². The molecule has 20 heavy (non-hydrogen) atoms. The average molecular weight is 269 g/mol. The van der Waals surface area contributed by atoms with Gasteiger partial charge in [0.2, 0.25) is 0 Å². The van der Waals surface area contributed by atoms with Crippen molar-refractivity contribution in [2.24, 2.45) is 0 Å². The molecule has 0 bridgehead atoms. The maximum absolute atomic E-state index is 11.6. The highest BCUT2D eigenvalue weighted by molar-refractivity contribution is 6.58. The molecule has 6 nitrogen and oxygen atoms in total.